The van der Waals surface area contributed by atoms with Crippen molar-refractivity contribution >= 4 is 11.8 Å². The summed E-state index contributed by atoms with van der Waals surface area (Å²) >= 11 is 0. The van der Waals surface area contributed by atoms with Crippen LogP contribution in [0.4, 0.5) is 13.2 Å². The van der Waals surface area contributed by atoms with Crippen molar-refractivity contribution in [1.82, 2.24) is 15.5 Å². The Morgan fingerprint density at radius 1 is 1.42 bits per heavy atom. The molecule has 0 spiro atoms. The van der Waals surface area contributed by atoms with Gasteiger partial charge in [0.25, 0.3) is 0 Å². The molecule has 0 saturated carbocycles. The van der Waals surface area contributed by atoms with E-state index >= 15 is 0 Å². The second-order valence-electron chi connectivity index (χ2n) is 6.31. The fraction of sp³-hybridized carbons (Fsp3) is 0.529. The number of ether oxygens (including phenoxy) is 1. The summed E-state index contributed by atoms with van der Waals surface area (Å²) in [6.07, 6.45) is -4.78. The molecule has 0 radical (unpaired) electrons. The smallest absolute Gasteiger partial charge is 0.406 e. The second kappa shape index (κ2) is 8.39. The van der Waals surface area contributed by atoms with E-state index in [0.717, 1.165) is 0 Å². The van der Waals surface area contributed by atoms with Crippen LogP contribution in [0.2, 0.25) is 0 Å². The van der Waals surface area contributed by atoms with Crippen molar-refractivity contribution in [3.8, 4) is 5.75 Å². The molecule has 1 aromatic rings. The first-order valence-electron chi connectivity index (χ1n) is 8.30. The van der Waals surface area contributed by atoms with E-state index in [-0.39, 0.29) is 36.6 Å². The Morgan fingerprint density at radius 3 is 2.81 bits per heavy atom. The summed E-state index contributed by atoms with van der Waals surface area (Å²) in [4.78, 5) is 26.2. The molecule has 2 rings (SSSR count). The van der Waals surface area contributed by atoms with Crippen LogP contribution in [0.15, 0.2) is 24.3 Å². The number of benzene rings is 1. The maximum absolute atomic E-state index is 12.3. The van der Waals surface area contributed by atoms with Crippen LogP contribution in [0.1, 0.15) is 25.8 Å². The average molecular weight is 373 g/mol. The molecule has 9 heteroatoms. The van der Waals surface area contributed by atoms with Gasteiger partial charge in [-0.25, -0.2) is 0 Å². The zero-order valence-electron chi connectivity index (χ0n) is 14.6. The summed E-state index contributed by atoms with van der Waals surface area (Å²) in [5.41, 5.74) is 0.467. The third-order valence-electron chi connectivity index (χ3n) is 4.04. The Morgan fingerprint density at radius 2 is 2.15 bits per heavy atom. The van der Waals surface area contributed by atoms with Gasteiger partial charge in [0.1, 0.15) is 5.75 Å². The lowest BCUT2D eigenvalue weighted by atomic mass is 10.1. The molecule has 0 bridgehead atoms. The third-order valence-corrected chi connectivity index (χ3v) is 4.04. The van der Waals surface area contributed by atoms with Gasteiger partial charge in [-0.05, 0) is 31.5 Å². The van der Waals surface area contributed by atoms with Crippen LogP contribution < -0.4 is 15.4 Å². The van der Waals surface area contributed by atoms with Gasteiger partial charge in [-0.3, -0.25) is 14.5 Å². The number of carbonyl (C=O) groups is 2. The summed E-state index contributed by atoms with van der Waals surface area (Å²) in [6.45, 7) is 5.16. The molecule has 2 amide bonds. The highest BCUT2D eigenvalue weighted by molar-refractivity contribution is 5.88. The van der Waals surface area contributed by atoms with Crippen LogP contribution in [-0.4, -0.2) is 48.2 Å². The lowest BCUT2D eigenvalue weighted by Gasteiger charge is -2.37. The number of carbonyl (C=O) groups excluding carboxylic acids is 2. The number of piperazine rings is 1. The van der Waals surface area contributed by atoms with Gasteiger partial charge in [0.05, 0.1) is 12.5 Å². The fourth-order valence-electron chi connectivity index (χ4n) is 2.86. The van der Waals surface area contributed by atoms with E-state index in [1.165, 1.54) is 18.2 Å². The van der Waals surface area contributed by atoms with Gasteiger partial charge < -0.3 is 15.4 Å². The van der Waals surface area contributed by atoms with Crippen LogP contribution in [0.25, 0.3) is 0 Å². The molecule has 2 N–H and O–H groups in total. The summed E-state index contributed by atoms with van der Waals surface area (Å²) in [5.74, 6) is -0.887. The van der Waals surface area contributed by atoms with Crippen molar-refractivity contribution in [3.05, 3.63) is 29.8 Å². The quantitative estimate of drug-likeness (QED) is 0.798. The van der Waals surface area contributed by atoms with Crippen molar-refractivity contribution in [3.63, 3.8) is 0 Å². The summed E-state index contributed by atoms with van der Waals surface area (Å²) in [7, 11) is 0. The molecule has 0 unspecified atom stereocenters. The van der Waals surface area contributed by atoms with Crippen molar-refractivity contribution in [2.24, 2.45) is 0 Å². The number of hydrogen-bond acceptors (Lipinski definition) is 4. The Kier molecular flexibility index (Phi) is 6.47. The van der Waals surface area contributed by atoms with Crippen molar-refractivity contribution in [1.29, 1.82) is 0 Å². The maximum atomic E-state index is 12.3. The first kappa shape index (κ1) is 20.0. The van der Waals surface area contributed by atoms with E-state index in [9.17, 15) is 22.8 Å². The lowest BCUT2D eigenvalue weighted by Crippen LogP contribution is -2.58. The topological polar surface area (TPSA) is 70.7 Å². The summed E-state index contributed by atoms with van der Waals surface area (Å²) < 4.78 is 40.6. The number of rotatable bonds is 6. The zero-order valence-corrected chi connectivity index (χ0v) is 14.6. The van der Waals surface area contributed by atoms with E-state index in [0.29, 0.717) is 18.7 Å². The average Bonchev–Trinajstić information content (AvgIpc) is 2.53. The molecular weight excluding hydrogens is 351 g/mol. The highest BCUT2D eigenvalue weighted by Crippen LogP contribution is 2.23. The standard InChI is InChI=1S/C17H22F3N3O3/c1-11(2)23-7-6-21-16(25)14(23)9-15(24)22-10-12-4-3-5-13(8-12)26-17(18,19)20/h3-5,8,11,14H,6-7,9-10H2,1-2H3,(H,21,25)(H,22,24)/t14-/m0/s1. The monoisotopic (exact) mass is 373 g/mol. The predicted octanol–water partition coefficient (Wildman–Crippen LogP) is 1.80. The van der Waals surface area contributed by atoms with Crippen LogP contribution in [0.3, 0.4) is 0 Å². The molecule has 1 saturated heterocycles. The molecule has 1 atom stereocenters. The highest BCUT2D eigenvalue weighted by atomic mass is 19.4. The Bertz CT molecular complexity index is 650. The maximum Gasteiger partial charge on any atom is 0.573 e. The molecular formula is C17H22F3N3O3. The van der Waals surface area contributed by atoms with E-state index in [1.807, 2.05) is 18.7 Å². The highest BCUT2D eigenvalue weighted by Gasteiger charge is 2.33. The number of nitrogens with zero attached hydrogens (tertiary/aromatic N) is 1. The SMILES string of the molecule is CC(C)N1CCNC(=O)[C@@H]1CC(=O)NCc1cccc(OC(F)(F)F)c1. The van der Waals surface area contributed by atoms with Gasteiger partial charge in [-0.1, -0.05) is 12.1 Å². The van der Waals surface area contributed by atoms with Gasteiger partial charge in [0.2, 0.25) is 11.8 Å². The third kappa shape index (κ3) is 5.91. The predicted molar refractivity (Wildman–Crippen MR) is 88.2 cm³/mol. The van der Waals surface area contributed by atoms with E-state index in [2.05, 4.69) is 15.4 Å². The van der Waals surface area contributed by atoms with E-state index in [4.69, 9.17) is 0 Å². The Balaban J connectivity index is 1.92. The van der Waals surface area contributed by atoms with E-state index < -0.39 is 12.4 Å². The molecule has 1 aliphatic rings. The Labute approximate surface area is 149 Å². The normalized spacial score (nSPS) is 18.5. The van der Waals surface area contributed by atoms with Gasteiger partial charge in [0, 0.05) is 25.7 Å². The summed E-state index contributed by atoms with van der Waals surface area (Å²) in [5, 5.41) is 5.38. The zero-order chi connectivity index (χ0) is 19.3. The largest absolute Gasteiger partial charge is 0.573 e. The number of amides is 2. The van der Waals surface area contributed by atoms with Crippen molar-refractivity contribution < 1.29 is 27.5 Å². The Hall–Kier alpha value is -2.29. The van der Waals surface area contributed by atoms with Crippen molar-refractivity contribution in [2.75, 3.05) is 13.1 Å². The van der Waals surface area contributed by atoms with Gasteiger partial charge in [-0.2, -0.15) is 0 Å². The second-order valence-corrected chi connectivity index (χ2v) is 6.31. The molecule has 6 nitrogen and oxygen atoms in total. The molecule has 1 fully saturated rings. The van der Waals surface area contributed by atoms with Gasteiger partial charge >= 0.3 is 6.36 Å². The number of halogens is 3. The molecule has 26 heavy (non-hydrogen) atoms. The minimum absolute atomic E-state index is 0.0112. The van der Waals surface area contributed by atoms with Gasteiger partial charge in [-0.15, -0.1) is 13.2 Å². The molecule has 1 aliphatic heterocycles. The number of nitrogens with one attached hydrogen (secondary N) is 2. The molecule has 1 heterocycles. The summed E-state index contributed by atoms with van der Waals surface area (Å²) in [6, 6.07) is 4.96. The molecule has 1 aromatic carbocycles. The van der Waals surface area contributed by atoms with Crippen molar-refractivity contribution in [2.45, 2.75) is 45.3 Å². The van der Waals surface area contributed by atoms with Crippen LogP contribution in [-0.2, 0) is 16.1 Å². The minimum Gasteiger partial charge on any atom is -0.406 e. The lowest BCUT2D eigenvalue weighted by molar-refractivity contribution is -0.274. The van der Waals surface area contributed by atoms with E-state index in [1.54, 1.807) is 6.07 Å². The number of alkyl halides is 3. The minimum atomic E-state index is -4.77. The van der Waals surface area contributed by atoms with Crippen LogP contribution in [0, 0.1) is 0 Å². The first-order chi connectivity index (χ1) is 12.2. The van der Waals surface area contributed by atoms with Crippen LogP contribution >= 0.6 is 0 Å². The molecule has 0 aromatic heterocycles. The number of hydrogen-bond donors (Lipinski definition) is 2. The first-order valence-corrected chi connectivity index (χ1v) is 8.30. The van der Waals surface area contributed by atoms with Gasteiger partial charge in [0.15, 0.2) is 0 Å². The molecule has 144 valence electrons. The fourth-order valence-corrected chi connectivity index (χ4v) is 2.86. The molecule has 0 aliphatic carbocycles. The van der Waals surface area contributed by atoms with Crippen LogP contribution in [0.5, 0.6) is 5.75 Å².